The average molecular weight is 378 g/mol. The van der Waals surface area contributed by atoms with Gasteiger partial charge in [0, 0.05) is 25.1 Å². The van der Waals surface area contributed by atoms with Crippen LogP contribution in [0.5, 0.6) is 5.75 Å². The number of aryl methyl sites for hydroxylation is 1. The second-order valence-electron chi connectivity index (χ2n) is 8.40. The van der Waals surface area contributed by atoms with Crippen molar-refractivity contribution in [1.82, 2.24) is 4.90 Å². The zero-order valence-corrected chi connectivity index (χ0v) is 17.2. The van der Waals surface area contributed by atoms with E-state index in [0.717, 1.165) is 50.1 Å². The van der Waals surface area contributed by atoms with E-state index in [0.29, 0.717) is 18.1 Å². The first kappa shape index (κ1) is 19.2. The van der Waals surface area contributed by atoms with Crippen molar-refractivity contribution in [3.05, 3.63) is 64.2 Å². The van der Waals surface area contributed by atoms with Crippen molar-refractivity contribution in [2.24, 2.45) is 0 Å². The van der Waals surface area contributed by atoms with Crippen molar-refractivity contribution < 1.29 is 9.53 Å². The summed E-state index contributed by atoms with van der Waals surface area (Å²) in [6.45, 7) is 2.09. The number of likely N-dealkylation sites (N-methyl/N-ethyl adjacent to an activating group) is 1. The van der Waals surface area contributed by atoms with Crippen LogP contribution in [0.4, 0.5) is 0 Å². The molecule has 2 aliphatic carbocycles. The minimum Gasteiger partial charge on any atom is -0.496 e. The molecule has 28 heavy (non-hydrogen) atoms. The largest absolute Gasteiger partial charge is 0.496 e. The van der Waals surface area contributed by atoms with Crippen LogP contribution >= 0.6 is 0 Å². The summed E-state index contributed by atoms with van der Waals surface area (Å²) in [5.74, 6) is 1.95. The molecule has 4 rings (SSSR count). The molecule has 0 saturated carbocycles. The van der Waals surface area contributed by atoms with E-state index in [1.54, 1.807) is 7.11 Å². The van der Waals surface area contributed by atoms with Gasteiger partial charge in [-0.2, -0.15) is 0 Å². The van der Waals surface area contributed by atoms with E-state index in [1.807, 2.05) is 0 Å². The first-order valence-electron chi connectivity index (χ1n) is 10.6. The van der Waals surface area contributed by atoms with Crippen molar-refractivity contribution in [3.8, 4) is 5.75 Å². The number of carbonyl (C=O) groups is 1. The Morgan fingerprint density at radius 1 is 1.11 bits per heavy atom. The van der Waals surface area contributed by atoms with Crippen LogP contribution in [0.25, 0.3) is 0 Å². The fraction of sp³-hybridized carbons (Fsp3) is 0.480. The number of methoxy groups -OCH3 is 1. The van der Waals surface area contributed by atoms with E-state index < -0.39 is 0 Å². The summed E-state index contributed by atoms with van der Waals surface area (Å²) in [4.78, 5) is 14.6. The first-order chi connectivity index (χ1) is 13.7. The third-order valence-electron chi connectivity index (χ3n) is 6.45. The van der Waals surface area contributed by atoms with Gasteiger partial charge in [-0.15, -0.1) is 0 Å². The topological polar surface area (TPSA) is 29.5 Å². The number of hydrogen-bond acceptors (Lipinski definition) is 3. The van der Waals surface area contributed by atoms with Crippen LogP contribution < -0.4 is 4.74 Å². The third kappa shape index (κ3) is 4.00. The molecule has 3 heteroatoms. The van der Waals surface area contributed by atoms with E-state index in [4.69, 9.17) is 4.74 Å². The molecule has 1 atom stereocenters. The highest BCUT2D eigenvalue weighted by molar-refractivity contribution is 5.98. The molecule has 0 spiro atoms. The van der Waals surface area contributed by atoms with Gasteiger partial charge in [0.15, 0.2) is 5.78 Å². The lowest BCUT2D eigenvalue weighted by Gasteiger charge is -2.30. The van der Waals surface area contributed by atoms with Crippen LogP contribution in [-0.2, 0) is 19.3 Å². The number of rotatable bonds is 6. The zero-order chi connectivity index (χ0) is 19.5. The van der Waals surface area contributed by atoms with E-state index in [9.17, 15) is 4.79 Å². The number of carbonyl (C=O) groups excluding carboxylic acids is 1. The number of hydrogen-bond donors (Lipinski definition) is 0. The number of benzene rings is 2. The minimum atomic E-state index is 0.323. The molecular formula is C25H31NO2. The standard InChI is InChI=1S/C25H31NO2/c1-26(15-14-18-12-13-19-6-4-10-24(27)23(19)16-18)17-20-7-3-9-22-21(20)8-5-11-25(22)28-2/h5,8,11-13,16,20H,3-4,6-7,9-10,14-15,17H2,1-2H3. The fourth-order valence-electron chi connectivity index (χ4n) is 4.91. The average Bonchev–Trinajstić information content (AvgIpc) is 2.72. The quantitative estimate of drug-likeness (QED) is 0.724. The van der Waals surface area contributed by atoms with Crippen molar-refractivity contribution >= 4 is 5.78 Å². The van der Waals surface area contributed by atoms with E-state index in [2.05, 4.69) is 48.3 Å². The molecule has 0 N–H and O–H groups in total. The van der Waals surface area contributed by atoms with E-state index >= 15 is 0 Å². The minimum absolute atomic E-state index is 0.323. The molecule has 0 heterocycles. The SMILES string of the molecule is COc1cccc2c1CCCC2CN(C)CCc1ccc2c(c1)C(=O)CCC2. The van der Waals surface area contributed by atoms with Gasteiger partial charge in [-0.3, -0.25) is 4.79 Å². The maximum absolute atomic E-state index is 12.2. The highest BCUT2D eigenvalue weighted by atomic mass is 16.5. The van der Waals surface area contributed by atoms with Crippen LogP contribution in [0, 0.1) is 0 Å². The molecule has 2 aromatic rings. The Labute approximate surface area is 168 Å². The smallest absolute Gasteiger partial charge is 0.163 e. The van der Waals surface area contributed by atoms with Crippen LogP contribution in [-0.4, -0.2) is 37.9 Å². The summed E-state index contributed by atoms with van der Waals surface area (Å²) in [7, 11) is 3.99. The Bertz CT molecular complexity index is 858. The van der Waals surface area contributed by atoms with Gasteiger partial charge in [0.1, 0.15) is 5.75 Å². The molecule has 148 valence electrons. The predicted octanol–water partition coefficient (Wildman–Crippen LogP) is 4.81. The van der Waals surface area contributed by atoms with E-state index in [1.165, 1.54) is 35.1 Å². The van der Waals surface area contributed by atoms with Gasteiger partial charge in [0.05, 0.1) is 7.11 Å². The molecule has 0 saturated heterocycles. The Kier molecular flexibility index (Phi) is 5.82. The number of nitrogens with zero attached hydrogens (tertiary/aromatic N) is 1. The van der Waals surface area contributed by atoms with E-state index in [-0.39, 0.29) is 0 Å². The first-order valence-corrected chi connectivity index (χ1v) is 10.6. The van der Waals surface area contributed by atoms with Gasteiger partial charge < -0.3 is 9.64 Å². The van der Waals surface area contributed by atoms with Crippen LogP contribution in [0.15, 0.2) is 36.4 Å². The molecule has 2 aromatic carbocycles. The summed E-state index contributed by atoms with van der Waals surface area (Å²) in [5.41, 5.74) is 6.37. The molecule has 3 nitrogen and oxygen atoms in total. The molecule has 2 aliphatic rings. The lowest BCUT2D eigenvalue weighted by atomic mass is 9.82. The summed E-state index contributed by atoms with van der Waals surface area (Å²) >= 11 is 0. The zero-order valence-electron chi connectivity index (χ0n) is 17.2. The van der Waals surface area contributed by atoms with Crippen molar-refractivity contribution in [2.45, 2.75) is 50.9 Å². The maximum atomic E-state index is 12.2. The number of fused-ring (bicyclic) bond motifs is 2. The summed E-state index contributed by atoms with van der Waals surface area (Å²) in [5, 5.41) is 0. The highest BCUT2D eigenvalue weighted by Gasteiger charge is 2.24. The van der Waals surface area contributed by atoms with Crippen LogP contribution in [0.2, 0.25) is 0 Å². The summed E-state index contributed by atoms with van der Waals surface area (Å²) < 4.78 is 5.58. The number of Topliss-reactive ketones (excluding diaryl/α,β-unsaturated/α-hetero) is 1. The van der Waals surface area contributed by atoms with Gasteiger partial charge in [0.25, 0.3) is 0 Å². The molecular weight excluding hydrogens is 346 g/mol. The van der Waals surface area contributed by atoms with Gasteiger partial charge >= 0.3 is 0 Å². The molecule has 0 radical (unpaired) electrons. The van der Waals surface area contributed by atoms with Gasteiger partial charge in [-0.1, -0.05) is 24.3 Å². The molecule has 0 aliphatic heterocycles. The fourth-order valence-corrected chi connectivity index (χ4v) is 4.91. The van der Waals surface area contributed by atoms with Crippen molar-refractivity contribution in [3.63, 3.8) is 0 Å². The number of ketones is 1. The van der Waals surface area contributed by atoms with Crippen LogP contribution in [0.1, 0.15) is 64.2 Å². The molecule has 0 bridgehead atoms. The monoisotopic (exact) mass is 377 g/mol. The summed E-state index contributed by atoms with van der Waals surface area (Å²) in [6, 6.07) is 13.0. The second kappa shape index (κ2) is 8.48. The molecule has 1 unspecified atom stereocenters. The van der Waals surface area contributed by atoms with Gasteiger partial charge in [-0.25, -0.2) is 0 Å². The second-order valence-corrected chi connectivity index (χ2v) is 8.40. The van der Waals surface area contributed by atoms with Crippen molar-refractivity contribution in [1.29, 1.82) is 0 Å². The molecule has 0 aromatic heterocycles. The highest BCUT2D eigenvalue weighted by Crippen LogP contribution is 2.36. The van der Waals surface area contributed by atoms with Crippen molar-refractivity contribution in [2.75, 3.05) is 27.2 Å². The Hall–Kier alpha value is -2.13. The Morgan fingerprint density at radius 2 is 2.00 bits per heavy atom. The van der Waals surface area contributed by atoms with Crippen LogP contribution in [0.3, 0.4) is 0 Å². The predicted molar refractivity (Wildman–Crippen MR) is 114 cm³/mol. The number of ether oxygens (including phenoxy) is 1. The molecule has 0 amide bonds. The third-order valence-corrected chi connectivity index (χ3v) is 6.45. The summed E-state index contributed by atoms with van der Waals surface area (Å²) in [6.07, 6.45) is 7.36. The lowest BCUT2D eigenvalue weighted by molar-refractivity contribution is 0.0972. The molecule has 0 fully saturated rings. The normalized spacial score (nSPS) is 18.7. The Balaban J connectivity index is 1.39. The Morgan fingerprint density at radius 3 is 2.86 bits per heavy atom. The maximum Gasteiger partial charge on any atom is 0.163 e. The lowest BCUT2D eigenvalue weighted by Crippen LogP contribution is -2.28. The van der Waals surface area contributed by atoms with Gasteiger partial charge in [-0.05, 0) is 85.9 Å². The van der Waals surface area contributed by atoms with Gasteiger partial charge in [0.2, 0.25) is 0 Å².